The number of alkyl halides is 3. The van der Waals surface area contributed by atoms with Gasteiger partial charge >= 0.3 is 12.3 Å². The molecule has 1 fully saturated rings. The van der Waals surface area contributed by atoms with Gasteiger partial charge in [0.25, 0.3) is 0 Å². The number of amides is 1. The molecule has 0 radical (unpaired) electrons. The Hall–Kier alpha value is -1.72. The summed E-state index contributed by atoms with van der Waals surface area (Å²) in [6.07, 6.45) is -9.14. The largest absolute Gasteiger partial charge is 0.465 e. The van der Waals surface area contributed by atoms with Crippen LogP contribution in [0.4, 0.5) is 18.0 Å². The second kappa shape index (κ2) is 6.42. The molecule has 1 aromatic rings. The average Bonchev–Trinajstić information content (AvgIpc) is 2.48. The number of nitrogens with zero attached hydrogens (tertiary/aromatic N) is 2. The number of aliphatic hydroxyl groups is 2. The van der Waals surface area contributed by atoms with Crippen molar-refractivity contribution in [2.75, 3.05) is 13.1 Å². The van der Waals surface area contributed by atoms with Crippen molar-refractivity contribution >= 4 is 16.9 Å². The van der Waals surface area contributed by atoms with Gasteiger partial charge in [0.2, 0.25) is 0 Å². The molecule has 0 bridgehead atoms. The van der Waals surface area contributed by atoms with Crippen molar-refractivity contribution in [3.63, 3.8) is 0 Å². The Morgan fingerprint density at radius 2 is 1.96 bits per heavy atom. The Labute approximate surface area is 130 Å². The first kappa shape index (κ1) is 17.6. The molecule has 7 nitrogen and oxygen atoms in total. The summed E-state index contributed by atoms with van der Waals surface area (Å²) in [5.41, 5.74) is -1.25. The monoisotopic (exact) mass is 354 g/mol. The normalized spacial score (nSPS) is 26.8. The zero-order valence-electron chi connectivity index (χ0n) is 11.5. The number of pyridine rings is 1. The maximum atomic E-state index is 12.6. The quantitative estimate of drug-likeness (QED) is 0.704. The zero-order chi connectivity index (χ0) is 17.4. The van der Waals surface area contributed by atoms with Gasteiger partial charge in [0.15, 0.2) is 0 Å². The summed E-state index contributed by atoms with van der Waals surface area (Å²) in [4.78, 5) is 15.0. The Bertz CT molecular complexity index is 627. The number of carboxylic acid groups (broad SMARTS) is 1. The number of carbonyl (C=O) groups is 1. The van der Waals surface area contributed by atoms with Gasteiger partial charge in [-0.3, -0.25) is 4.21 Å². The van der Waals surface area contributed by atoms with Gasteiger partial charge in [0.1, 0.15) is 10.7 Å². The maximum Gasteiger partial charge on any atom is 0.433 e. The van der Waals surface area contributed by atoms with Crippen molar-refractivity contribution in [3.05, 3.63) is 23.9 Å². The van der Waals surface area contributed by atoms with Crippen LogP contribution < -0.4 is 0 Å². The number of halogens is 3. The van der Waals surface area contributed by atoms with Crippen LogP contribution in [0, 0.1) is 0 Å². The van der Waals surface area contributed by atoms with Crippen molar-refractivity contribution < 1.29 is 37.5 Å². The highest BCUT2D eigenvalue weighted by atomic mass is 32.2. The van der Waals surface area contributed by atoms with Crippen molar-refractivity contribution in [3.8, 4) is 0 Å². The Kier molecular flexibility index (Phi) is 4.92. The fourth-order valence-electron chi connectivity index (χ4n) is 2.17. The molecule has 1 saturated heterocycles. The standard InChI is InChI=1S/C12H13F3N2O5S/c13-12(14,15)8-2-1-3-9(16-8)23(22)7-5-17(11(20)21)4-6(18)10(7)19/h1-3,6-7,10,18-19H,4-5H2,(H,20,21)/t6-,7-,10-,23+/m0/s1. The summed E-state index contributed by atoms with van der Waals surface area (Å²) in [5, 5.41) is 26.7. The lowest BCUT2D eigenvalue weighted by Crippen LogP contribution is -2.58. The van der Waals surface area contributed by atoms with Gasteiger partial charge in [-0.05, 0) is 12.1 Å². The van der Waals surface area contributed by atoms with E-state index in [9.17, 15) is 32.4 Å². The second-order valence-electron chi connectivity index (χ2n) is 4.94. The van der Waals surface area contributed by atoms with Gasteiger partial charge in [0.05, 0.1) is 34.8 Å². The van der Waals surface area contributed by atoms with E-state index < -0.39 is 57.8 Å². The van der Waals surface area contributed by atoms with Crippen LogP contribution in [0.15, 0.2) is 23.2 Å². The van der Waals surface area contributed by atoms with E-state index in [1.54, 1.807) is 0 Å². The summed E-state index contributed by atoms with van der Waals surface area (Å²) < 4.78 is 50.3. The molecule has 0 spiro atoms. The first-order valence-electron chi connectivity index (χ1n) is 6.40. The van der Waals surface area contributed by atoms with Crippen LogP contribution in [-0.4, -0.2) is 66.1 Å². The Morgan fingerprint density at radius 3 is 2.52 bits per heavy atom. The van der Waals surface area contributed by atoms with Gasteiger partial charge < -0.3 is 20.2 Å². The molecule has 128 valence electrons. The van der Waals surface area contributed by atoms with E-state index in [4.69, 9.17) is 5.11 Å². The topological polar surface area (TPSA) is 111 Å². The lowest BCUT2D eigenvalue weighted by Gasteiger charge is -2.37. The molecule has 2 rings (SSSR count). The van der Waals surface area contributed by atoms with Crippen molar-refractivity contribution in [2.45, 2.75) is 28.7 Å². The lowest BCUT2D eigenvalue weighted by molar-refractivity contribution is -0.141. The number of hydrogen-bond donors (Lipinski definition) is 3. The SMILES string of the molecule is O=C(O)N1C[C@H](O)[C@H](O)[C@@H]([S@@](=O)c2cccc(C(F)(F)F)n2)C1. The van der Waals surface area contributed by atoms with E-state index in [0.29, 0.717) is 6.07 Å². The third-order valence-corrected chi connectivity index (χ3v) is 4.97. The minimum atomic E-state index is -4.72. The number of hydrogen-bond acceptors (Lipinski definition) is 5. The molecule has 0 aromatic carbocycles. The first-order valence-corrected chi connectivity index (χ1v) is 7.61. The summed E-state index contributed by atoms with van der Waals surface area (Å²) in [6.45, 7) is -0.766. The molecule has 23 heavy (non-hydrogen) atoms. The minimum absolute atomic E-state index is 0.375. The highest BCUT2D eigenvalue weighted by Crippen LogP contribution is 2.29. The van der Waals surface area contributed by atoms with Crippen LogP contribution >= 0.6 is 0 Å². The van der Waals surface area contributed by atoms with E-state index in [-0.39, 0.29) is 6.54 Å². The Morgan fingerprint density at radius 1 is 1.30 bits per heavy atom. The van der Waals surface area contributed by atoms with Crippen LogP contribution in [0.5, 0.6) is 0 Å². The Balaban J connectivity index is 2.29. The van der Waals surface area contributed by atoms with Crippen molar-refractivity contribution in [1.82, 2.24) is 9.88 Å². The molecule has 1 aliphatic rings. The first-order chi connectivity index (χ1) is 10.6. The highest BCUT2D eigenvalue weighted by molar-refractivity contribution is 7.85. The molecule has 0 aliphatic carbocycles. The molecule has 11 heteroatoms. The number of aromatic nitrogens is 1. The summed E-state index contributed by atoms with van der Waals surface area (Å²) in [5.74, 6) is 0. The summed E-state index contributed by atoms with van der Waals surface area (Å²) in [7, 11) is -2.23. The molecule has 1 aromatic heterocycles. The highest BCUT2D eigenvalue weighted by Gasteiger charge is 2.41. The molecule has 1 aliphatic heterocycles. The molecule has 2 heterocycles. The third-order valence-electron chi connectivity index (χ3n) is 3.35. The average molecular weight is 354 g/mol. The van der Waals surface area contributed by atoms with Crippen LogP contribution in [0.3, 0.4) is 0 Å². The smallest absolute Gasteiger partial charge is 0.433 e. The predicted octanol–water partition coefficient (Wildman–Crippen LogP) is 0.292. The molecular formula is C12H13F3N2O5S. The van der Waals surface area contributed by atoms with Gasteiger partial charge in [-0.1, -0.05) is 6.07 Å². The van der Waals surface area contributed by atoms with Crippen LogP contribution in [0.25, 0.3) is 0 Å². The van der Waals surface area contributed by atoms with E-state index in [1.807, 2.05) is 0 Å². The molecule has 0 saturated carbocycles. The predicted molar refractivity (Wildman–Crippen MR) is 71.0 cm³/mol. The number of β-amino-alcohol motifs (C(OH)–C–C–N with tert-alkyl or cyclic N) is 1. The minimum Gasteiger partial charge on any atom is -0.465 e. The fourth-order valence-corrected chi connectivity index (χ4v) is 3.63. The van der Waals surface area contributed by atoms with Crippen molar-refractivity contribution in [2.24, 2.45) is 0 Å². The maximum absolute atomic E-state index is 12.6. The number of aliphatic hydroxyl groups excluding tert-OH is 2. The second-order valence-corrected chi connectivity index (χ2v) is 6.56. The summed E-state index contributed by atoms with van der Waals surface area (Å²) >= 11 is 0. The van der Waals surface area contributed by atoms with Gasteiger partial charge in [-0.15, -0.1) is 0 Å². The molecule has 1 amide bonds. The van der Waals surface area contributed by atoms with Crippen LogP contribution in [-0.2, 0) is 17.0 Å². The summed E-state index contributed by atoms with van der Waals surface area (Å²) in [6, 6.07) is 2.81. The number of rotatable bonds is 2. The molecular weight excluding hydrogens is 341 g/mol. The zero-order valence-corrected chi connectivity index (χ0v) is 12.3. The van der Waals surface area contributed by atoms with Crippen LogP contribution in [0.2, 0.25) is 0 Å². The fraction of sp³-hybridized carbons (Fsp3) is 0.500. The molecule has 3 N–H and O–H groups in total. The number of piperidine rings is 1. The molecule has 0 unspecified atom stereocenters. The lowest BCUT2D eigenvalue weighted by atomic mass is 10.1. The van der Waals surface area contributed by atoms with Crippen molar-refractivity contribution in [1.29, 1.82) is 0 Å². The third kappa shape index (κ3) is 3.79. The van der Waals surface area contributed by atoms with Gasteiger partial charge in [0, 0.05) is 6.54 Å². The molecule has 4 atom stereocenters. The van der Waals surface area contributed by atoms with E-state index in [0.717, 1.165) is 17.0 Å². The number of likely N-dealkylation sites (tertiary alicyclic amines) is 1. The van der Waals surface area contributed by atoms with E-state index in [2.05, 4.69) is 4.98 Å². The van der Waals surface area contributed by atoms with E-state index in [1.165, 1.54) is 0 Å². The van der Waals surface area contributed by atoms with Crippen LogP contribution in [0.1, 0.15) is 5.69 Å². The van der Waals surface area contributed by atoms with Gasteiger partial charge in [-0.25, -0.2) is 9.78 Å². The van der Waals surface area contributed by atoms with E-state index >= 15 is 0 Å². The van der Waals surface area contributed by atoms with Gasteiger partial charge in [-0.2, -0.15) is 13.2 Å².